The molecule has 11 nitrogen and oxygen atoms in total. The third-order valence-corrected chi connectivity index (χ3v) is 6.30. The van der Waals surface area contributed by atoms with E-state index >= 15 is 0 Å². The molecule has 1 aromatic heterocycles. The molecule has 0 aliphatic carbocycles. The van der Waals surface area contributed by atoms with E-state index in [2.05, 4.69) is 30.9 Å². The second kappa shape index (κ2) is 7.17. The van der Waals surface area contributed by atoms with Gasteiger partial charge in [-0.1, -0.05) is 11.8 Å². The summed E-state index contributed by atoms with van der Waals surface area (Å²) in [6, 6.07) is -0.370. The molecule has 4 rings (SSSR count). The monoisotopic (exact) mass is 407 g/mol. The second-order valence-corrected chi connectivity index (χ2v) is 8.52. The first-order valence-corrected chi connectivity index (χ1v) is 9.93. The number of nitrogens with zero attached hydrogens (tertiary/aromatic N) is 5. The summed E-state index contributed by atoms with van der Waals surface area (Å²) in [4.78, 5) is 30.1. The van der Waals surface area contributed by atoms with E-state index in [0.29, 0.717) is 30.1 Å². The number of rotatable bonds is 7. The fraction of sp³-hybridized carbons (Fsp3) is 0.625. The lowest BCUT2D eigenvalue weighted by atomic mass is 9.82. The molecule has 3 aliphatic rings. The highest BCUT2D eigenvalue weighted by atomic mass is 32.2. The Kier molecular flexibility index (Phi) is 4.83. The number of amides is 1. The number of carbonyl (C=O) groups excluding carboxylic acids is 1. The number of nitrogens with one attached hydrogen (secondary N) is 2. The standard InChI is InChI=1S/C16H21N7O4S/c1-6(24)11-10-4-8(12(15(26)27)23(10)14(11)25)3-9-5-17-13(18-9)7(2)28-16-19-21-22-20-16/h6-7,9-11,24H,3-5H2,1-2H3,(H,17,18)(H,26,27)(H,19,20,21,22)/t6-,7?,9-,10-,11-/m1/s1. The number of aliphatic carboxylic acids is 1. The van der Waals surface area contributed by atoms with Crippen molar-refractivity contribution in [2.24, 2.45) is 10.9 Å². The minimum absolute atomic E-state index is 0.000212. The molecule has 1 aromatic rings. The molecule has 1 saturated heterocycles. The zero-order chi connectivity index (χ0) is 20.0. The zero-order valence-corrected chi connectivity index (χ0v) is 16.2. The van der Waals surface area contributed by atoms with Crippen molar-refractivity contribution in [3.05, 3.63) is 11.3 Å². The molecule has 0 bridgehead atoms. The molecular formula is C16H21N7O4S. The molecule has 1 amide bonds. The molecule has 5 atom stereocenters. The number of carboxylic acid groups (broad SMARTS) is 1. The maximum absolute atomic E-state index is 12.3. The van der Waals surface area contributed by atoms with E-state index in [0.717, 1.165) is 5.84 Å². The first kappa shape index (κ1) is 18.9. The first-order chi connectivity index (χ1) is 13.4. The second-order valence-electron chi connectivity index (χ2n) is 7.21. The minimum atomic E-state index is -1.11. The first-order valence-electron chi connectivity index (χ1n) is 9.05. The highest BCUT2D eigenvalue weighted by Gasteiger charge is 2.56. The van der Waals surface area contributed by atoms with E-state index in [4.69, 9.17) is 0 Å². The van der Waals surface area contributed by atoms with Crippen molar-refractivity contribution in [2.75, 3.05) is 6.54 Å². The molecule has 28 heavy (non-hydrogen) atoms. The van der Waals surface area contributed by atoms with E-state index in [1.54, 1.807) is 6.92 Å². The number of amidine groups is 1. The topological polar surface area (TPSA) is 157 Å². The molecule has 3 aliphatic heterocycles. The van der Waals surface area contributed by atoms with Gasteiger partial charge in [0.25, 0.3) is 0 Å². The molecule has 0 aromatic carbocycles. The molecule has 0 radical (unpaired) electrons. The predicted octanol–water partition coefficient (Wildman–Crippen LogP) is -0.609. The van der Waals surface area contributed by atoms with Crippen molar-refractivity contribution in [1.82, 2.24) is 30.8 Å². The summed E-state index contributed by atoms with van der Waals surface area (Å²) >= 11 is 1.42. The van der Waals surface area contributed by atoms with Gasteiger partial charge in [0, 0.05) is 6.54 Å². The van der Waals surface area contributed by atoms with Gasteiger partial charge >= 0.3 is 5.97 Å². The van der Waals surface area contributed by atoms with Crippen molar-refractivity contribution in [3.8, 4) is 0 Å². The van der Waals surface area contributed by atoms with Crippen LogP contribution in [0.2, 0.25) is 0 Å². The molecule has 1 fully saturated rings. The van der Waals surface area contributed by atoms with E-state index in [9.17, 15) is 19.8 Å². The number of tetrazole rings is 1. The van der Waals surface area contributed by atoms with Gasteiger partial charge in [-0.2, -0.15) is 5.21 Å². The number of H-pyrrole nitrogens is 1. The lowest BCUT2D eigenvalue weighted by molar-refractivity contribution is -0.161. The van der Waals surface area contributed by atoms with E-state index in [1.165, 1.54) is 16.7 Å². The Morgan fingerprint density at radius 3 is 2.86 bits per heavy atom. The fourth-order valence-corrected chi connectivity index (χ4v) is 4.87. The van der Waals surface area contributed by atoms with Crippen LogP contribution in [0.15, 0.2) is 21.4 Å². The number of aliphatic hydroxyl groups is 1. The Morgan fingerprint density at radius 1 is 1.43 bits per heavy atom. The van der Waals surface area contributed by atoms with E-state index in [-0.39, 0.29) is 28.9 Å². The van der Waals surface area contributed by atoms with Gasteiger partial charge < -0.3 is 20.4 Å². The zero-order valence-electron chi connectivity index (χ0n) is 15.4. The number of aliphatic imine (C=N–C) groups is 1. The lowest BCUT2D eigenvalue weighted by Crippen LogP contribution is -2.61. The van der Waals surface area contributed by atoms with Crippen LogP contribution in [0.5, 0.6) is 0 Å². The Hall–Kier alpha value is -2.47. The van der Waals surface area contributed by atoms with E-state index < -0.39 is 18.0 Å². The Bertz CT molecular complexity index is 853. The number of hydrogen-bond donors (Lipinski definition) is 4. The molecule has 12 heteroatoms. The van der Waals surface area contributed by atoms with Crippen LogP contribution in [-0.2, 0) is 9.59 Å². The molecule has 4 N–H and O–H groups in total. The van der Waals surface area contributed by atoms with Gasteiger partial charge in [-0.25, -0.2) is 4.79 Å². The molecule has 0 spiro atoms. The van der Waals surface area contributed by atoms with Gasteiger partial charge in [0.1, 0.15) is 11.5 Å². The van der Waals surface area contributed by atoms with Gasteiger partial charge in [0.2, 0.25) is 11.1 Å². The van der Waals surface area contributed by atoms with Gasteiger partial charge in [-0.3, -0.25) is 9.79 Å². The SMILES string of the molecule is CC(Sc1nn[nH]n1)C1=N[C@H](CC2=C(C(=O)O)N3C(=O)[C@H]([C@@H](C)O)[C@H]3C2)CN1. The third kappa shape index (κ3) is 3.15. The van der Waals surface area contributed by atoms with Crippen LogP contribution in [0, 0.1) is 5.92 Å². The van der Waals surface area contributed by atoms with Gasteiger partial charge in [-0.15, -0.1) is 10.2 Å². The highest BCUT2D eigenvalue weighted by Crippen LogP contribution is 2.45. The van der Waals surface area contributed by atoms with Crippen LogP contribution in [0.4, 0.5) is 0 Å². The van der Waals surface area contributed by atoms with E-state index in [1.807, 2.05) is 6.92 Å². The van der Waals surface area contributed by atoms with Crippen LogP contribution < -0.4 is 5.32 Å². The number of hydrogen-bond acceptors (Lipinski definition) is 9. The highest BCUT2D eigenvalue weighted by molar-refractivity contribution is 8.00. The number of aromatic nitrogens is 4. The number of aromatic amines is 1. The van der Waals surface area contributed by atoms with Crippen molar-refractivity contribution in [1.29, 1.82) is 0 Å². The Balaban J connectivity index is 1.46. The van der Waals surface area contributed by atoms with Crippen LogP contribution in [0.3, 0.4) is 0 Å². The average molecular weight is 407 g/mol. The van der Waals surface area contributed by atoms with Crippen molar-refractivity contribution < 1.29 is 19.8 Å². The van der Waals surface area contributed by atoms with Crippen LogP contribution in [-0.4, -0.2) is 83.4 Å². The summed E-state index contributed by atoms with van der Waals surface area (Å²) < 4.78 is 0. The minimum Gasteiger partial charge on any atom is -0.477 e. The molecular weight excluding hydrogens is 386 g/mol. The Labute approximate surface area is 164 Å². The van der Waals surface area contributed by atoms with Crippen molar-refractivity contribution in [2.45, 2.75) is 55.3 Å². The molecule has 0 saturated carbocycles. The number of carboxylic acids is 1. The summed E-state index contributed by atoms with van der Waals surface area (Å²) in [5.41, 5.74) is 0.772. The number of β-lactam (4-membered cyclic amide) rings is 1. The maximum Gasteiger partial charge on any atom is 0.352 e. The van der Waals surface area contributed by atoms with Crippen LogP contribution in [0.25, 0.3) is 0 Å². The van der Waals surface area contributed by atoms with Crippen LogP contribution >= 0.6 is 11.8 Å². The number of aliphatic hydroxyl groups excluding tert-OH is 1. The van der Waals surface area contributed by atoms with Crippen LogP contribution in [0.1, 0.15) is 26.7 Å². The van der Waals surface area contributed by atoms with Crippen molar-refractivity contribution >= 4 is 29.5 Å². The summed E-state index contributed by atoms with van der Waals surface area (Å²) in [5.74, 6) is -1.15. The summed E-state index contributed by atoms with van der Waals surface area (Å²) in [6.07, 6.45) is 0.145. The maximum atomic E-state index is 12.3. The average Bonchev–Trinajstić information content (AvgIpc) is 3.34. The predicted molar refractivity (Wildman–Crippen MR) is 98.4 cm³/mol. The lowest BCUT2D eigenvalue weighted by Gasteiger charge is -2.44. The number of carbonyl (C=O) groups is 2. The Morgan fingerprint density at radius 2 is 2.21 bits per heavy atom. The smallest absolute Gasteiger partial charge is 0.352 e. The molecule has 1 unspecified atom stereocenters. The molecule has 150 valence electrons. The summed E-state index contributed by atoms with van der Waals surface area (Å²) in [7, 11) is 0. The van der Waals surface area contributed by atoms with Gasteiger partial charge in [0.05, 0.1) is 29.4 Å². The fourth-order valence-electron chi connectivity index (χ4n) is 4.12. The third-order valence-electron chi connectivity index (χ3n) is 5.34. The summed E-state index contributed by atoms with van der Waals surface area (Å²) in [6.45, 7) is 4.14. The number of thioether (sulfide) groups is 1. The summed E-state index contributed by atoms with van der Waals surface area (Å²) in [5, 5.41) is 37.0. The van der Waals surface area contributed by atoms with Gasteiger partial charge in [-0.05, 0) is 37.5 Å². The van der Waals surface area contributed by atoms with Crippen molar-refractivity contribution in [3.63, 3.8) is 0 Å². The number of fused-ring (bicyclic) bond motifs is 1. The normalized spacial score (nSPS) is 28.5. The largest absolute Gasteiger partial charge is 0.477 e. The van der Waals surface area contributed by atoms with Gasteiger partial charge in [0.15, 0.2) is 0 Å². The molecule has 4 heterocycles. The quantitative estimate of drug-likeness (QED) is 0.342.